The van der Waals surface area contributed by atoms with E-state index in [0.29, 0.717) is 13.2 Å². The number of unbranched alkanes of at least 4 members (excludes halogenated alkanes) is 1. The molecule has 4 atom stereocenters. The van der Waals surface area contributed by atoms with Crippen LogP contribution >= 0.6 is 0 Å². The molecule has 2 rings (SSSR count). The van der Waals surface area contributed by atoms with Crippen LogP contribution in [0.5, 0.6) is 0 Å². The largest absolute Gasteiger partial charge is 0.350 e. The molecule has 5 heteroatoms. The van der Waals surface area contributed by atoms with Gasteiger partial charge < -0.3 is 24.7 Å². The van der Waals surface area contributed by atoms with Gasteiger partial charge in [0.25, 0.3) is 0 Å². The lowest BCUT2D eigenvalue weighted by atomic mass is 10.1. The molecule has 2 N–H and O–H groups in total. The SMILES string of the molecule is CCCCO[C@H]1O[C@H](CN)[C@@H]2OC(C)(C)O[C@H]12. The summed E-state index contributed by atoms with van der Waals surface area (Å²) in [5.74, 6) is -0.571. The van der Waals surface area contributed by atoms with Crippen molar-refractivity contribution in [2.75, 3.05) is 13.2 Å². The van der Waals surface area contributed by atoms with Gasteiger partial charge in [0.2, 0.25) is 0 Å². The molecule has 0 amide bonds. The highest BCUT2D eigenvalue weighted by Gasteiger charge is 2.55. The minimum Gasteiger partial charge on any atom is -0.350 e. The van der Waals surface area contributed by atoms with Gasteiger partial charge in [-0.3, -0.25) is 0 Å². The molecule has 0 aromatic carbocycles. The van der Waals surface area contributed by atoms with E-state index < -0.39 is 5.79 Å². The second-order valence-corrected chi connectivity index (χ2v) is 5.07. The summed E-state index contributed by atoms with van der Waals surface area (Å²) in [6, 6.07) is 0. The van der Waals surface area contributed by atoms with Crippen LogP contribution in [-0.4, -0.2) is 43.5 Å². The highest BCUT2D eigenvalue weighted by Crippen LogP contribution is 2.38. The first kappa shape index (κ1) is 13.2. The molecule has 2 aliphatic rings. The maximum atomic E-state index is 5.82. The van der Waals surface area contributed by atoms with Crippen molar-refractivity contribution in [3.05, 3.63) is 0 Å². The lowest BCUT2D eigenvalue weighted by Gasteiger charge is -2.23. The molecule has 5 nitrogen and oxygen atoms in total. The first-order valence-electron chi connectivity index (χ1n) is 6.40. The molecule has 0 aliphatic carbocycles. The minimum atomic E-state index is -0.571. The first-order chi connectivity index (χ1) is 8.07. The lowest BCUT2D eigenvalue weighted by molar-refractivity contribution is -0.232. The van der Waals surface area contributed by atoms with Crippen molar-refractivity contribution in [1.29, 1.82) is 0 Å². The lowest BCUT2D eigenvalue weighted by Crippen LogP contribution is -2.34. The van der Waals surface area contributed by atoms with Crippen LogP contribution in [0, 0.1) is 0 Å². The first-order valence-corrected chi connectivity index (χ1v) is 6.40. The van der Waals surface area contributed by atoms with E-state index in [4.69, 9.17) is 24.7 Å². The Morgan fingerprint density at radius 1 is 1.24 bits per heavy atom. The van der Waals surface area contributed by atoms with Gasteiger partial charge in [0, 0.05) is 13.2 Å². The van der Waals surface area contributed by atoms with Gasteiger partial charge in [-0.25, -0.2) is 0 Å². The van der Waals surface area contributed by atoms with E-state index in [-0.39, 0.29) is 24.6 Å². The molecule has 0 radical (unpaired) electrons. The molecule has 2 aliphatic heterocycles. The summed E-state index contributed by atoms with van der Waals surface area (Å²) in [5, 5.41) is 0. The fourth-order valence-corrected chi connectivity index (χ4v) is 2.31. The Labute approximate surface area is 103 Å². The fourth-order valence-electron chi connectivity index (χ4n) is 2.31. The number of hydrogen-bond acceptors (Lipinski definition) is 5. The van der Waals surface area contributed by atoms with Crippen LogP contribution in [0.2, 0.25) is 0 Å². The Balaban J connectivity index is 1.95. The van der Waals surface area contributed by atoms with Gasteiger partial charge in [-0.15, -0.1) is 0 Å². The van der Waals surface area contributed by atoms with Gasteiger partial charge in [0.1, 0.15) is 18.3 Å². The number of ether oxygens (including phenoxy) is 4. The average molecular weight is 245 g/mol. The molecule has 17 heavy (non-hydrogen) atoms. The molecule has 0 aromatic heterocycles. The Bertz CT molecular complexity index is 259. The van der Waals surface area contributed by atoms with Crippen LogP contribution in [0.25, 0.3) is 0 Å². The molecule has 0 unspecified atom stereocenters. The smallest absolute Gasteiger partial charge is 0.187 e. The van der Waals surface area contributed by atoms with E-state index in [1.165, 1.54) is 0 Å². The van der Waals surface area contributed by atoms with Gasteiger partial charge in [-0.2, -0.15) is 0 Å². The number of fused-ring (bicyclic) bond motifs is 1. The Hall–Kier alpha value is -0.200. The third-order valence-corrected chi connectivity index (χ3v) is 3.12. The molecule has 0 aromatic rings. The predicted molar refractivity (Wildman–Crippen MR) is 62.4 cm³/mol. The topological polar surface area (TPSA) is 62.9 Å². The third kappa shape index (κ3) is 2.80. The van der Waals surface area contributed by atoms with E-state index in [2.05, 4.69) is 6.92 Å². The van der Waals surface area contributed by atoms with Crippen molar-refractivity contribution in [3.63, 3.8) is 0 Å². The summed E-state index contributed by atoms with van der Waals surface area (Å²) in [6.07, 6.45) is 1.38. The van der Waals surface area contributed by atoms with Crippen LogP contribution in [0.4, 0.5) is 0 Å². The summed E-state index contributed by atoms with van der Waals surface area (Å²) in [6.45, 7) is 7.05. The van der Waals surface area contributed by atoms with Crippen molar-refractivity contribution < 1.29 is 18.9 Å². The summed E-state index contributed by atoms with van der Waals surface area (Å²) >= 11 is 0. The number of nitrogens with two attached hydrogens (primary N) is 1. The van der Waals surface area contributed by atoms with Crippen LogP contribution in [0.1, 0.15) is 33.6 Å². The zero-order chi connectivity index (χ0) is 12.5. The molecule has 0 saturated carbocycles. The van der Waals surface area contributed by atoms with Gasteiger partial charge in [-0.1, -0.05) is 13.3 Å². The molecule has 2 fully saturated rings. The summed E-state index contributed by atoms with van der Waals surface area (Å²) in [4.78, 5) is 0. The van der Waals surface area contributed by atoms with Crippen LogP contribution in [-0.2, 0) is 18.9 Å². The van der Waals surface area contributed by atoms with Crippen LogP contribution < -0.4 is 5.73 Å². The van der Waals surface area contributed by atoms with Gasteiger partial charge in [0.15, 0.2) is 12.1 Å². The predicted octanol–water partition coefficient (Wildman–Crippen LogP) is 1.01. The van der Waals surface area contributed by atoms with Gasteiger partial charge in [0.05, 0.1) is 0 Å². The Kier molecular flexibility index (Phi) is 4.05. The van der Waals surface area contributed by atoms with Crippen molar-refractivity contribution in [3.8, 4) is 0 Å². The molecular formula is C12H23NO4. The molecule has 2 saturated heterocycles. The summed E-state index contributed by atoms with van der Waals surface area (Å²) in [7, 11) is 0. The summed E-state index contributed by atoms with van der Waals surface area (Å²) < 4.78 is 23.0. The molecule has 2 heterocycles. The number of hydrogen-bond donors (Lipinski definition) is 1. The standard InChI is InChI=1S/C12H23NO4/c1-4-5-6-14-11-10-9(8(7-13)15-11)16-12(2,3)17-10/h8-11H,4-7,13H2,1-3H3/t8-,9+,10+,11+/m1/s1. The van der Waals surface area contributed by atoms with E-state index in [1.54, 1.807) is 0 Å². The zero-order valence-corrected chi connectivity index (χ0v) is 10.8. The van der Waals surface area contributed by atoms with Gasteiger partial charge >= 0.3 is 0 Å². The second-order valence-electron chi connectivity index (χ2n) is 5.07. The van der Waals surface area contributed by atoms with Crippen molar-refractivity contribution >= 4 is 0 Å². The van der Waals surface area contributed by atoms with Crippen molar-refractivity contribution in [2.24, 2.45) is 5.73 Å². The van der Waals surface area contributed by atoms with E-state index in [9.17, 15) is 0 Å². The van der Waals surface area contributed by atoms with E-state index in [1.807, 2.05) is 13.8 Å². The monoisotopic (exact) mass is 245 g/mol. The highest BCUT2D eigenvalue weighted by molar-refractivity contribution is 4.95. The quantitative estimate of drug-likeness (QED) is 0.732. The molecule has 100 valence electrons. The average Bonchev–Trinajstić information content (AvgIpc) is 2.73. The maximum absolute atomic E-state index is 5.82. The molecular weight excluding hydrogens is 222 g/mol. The van der Waals surface area contributed by atoms with Crippen molar-refractivity contribution in [2.45, 2.75) is 64.0 Å². The highest BCUT2D eigenvalue weighted by atomic mass is 16.8. The fraction of sp³-hybridized carbons (Fsp3) is 1.00. The third-order valence-electron chi connectivity index (χ3n) is 3.12. The maximum Gasteiger partial charge on any atom is 0.187 e. The van der Waals surface area contributed by atoms with Crippen molar-refractivity contribution in [1.82, 2.24) is 0 Å². The summed E-state index contributed by atoms with van der Waals surface area (Å²) in [5.41, 5.74) is 5.68. The minimum absolute atomic E-state index is 0.110. The van der Waals surface area contributed by atoms with Gasteiger partial charge in [-0.05, 0) is 20.3 Å². The van der Waals surface area contributed by atoms with E-state index >= 15 is 0 Å². The zero-order valence-electron chi connectivity index (χ0n) is 10.8. The Morgan fingerprint density at radius 2 is 1.94 bits per heavy atom. The molecule has 0 spiro atoms. The van der Waals surface area contributed by atoms with Crippen LogP contribution in [0.3, 0.4) is 0 Å². The second kappa shape index (κ2) is 5.20. The van der Waals surface area contributed by atoms with E-state index in [0.717, 1.165) is 12.8 Å². The number of rotatable bonds is 5. The molecule has 0 bridgehead atoms. The van der Waals surface area contributed by atoms with Crippen LogP contribution in [0.15, 0.2) is 0 Å². The Morgan fingerprint density at radius 3 is 2.59 bits per heavy atom. The normalized spacial score (nSPS) is 39.5.